The van der Waals surface area contributed by atoms with Crippen LogP contribution in [0.2, 0.25) is 5.02 Å². The van der Waals surface area contributed by atoms with E-state index >= 15 is 0 Å². The molecule has 1 aromatic carbocycles. The molecule has 1 aromatic rings. The zero-order valence-electron chi connectivity index (χ0n) is 7.73. The quantitative estimate of drug-likeness (QED) is 0.740. The Kier molecular flexibility index (Phi) is 2.83. The van der Waals surface area contributed by atoms with Crippen LogP contribution in [0, 0.1) is 0 Å². The molecule has 0 saturated carbocycles. The van der Waals surface area contributed by atoms with E-state index in [0.29, 0.717) is 16.5 Å². The third-order valence-corrected chi connectivity index (χ3v) is 2.05. The molecule has 2 N–H and O–H groups in total. The third-order valence-electron chi connectivity index (χ3n) is 1.77. The Morgan fingerprint density at radius 1 is 1.54 bits per heavy atom. The second-order valence-corrected chi connectivity index (χ2v) is 3.27. The number of rotatable bonds is 2. The molecule has 0 heterocycles. The maximum Gasteiger partial charge on any atom is 0.160 e. The first-order valence-electron chi connectivity index (χ1n) is 3.85. The first-order valence-corrected chi connectivity index (χ1v) is 4.23. The van der Waals surface area contributed by atoms with Gasteiger partial charge in [0.15, 0.2) is 5.75 Å². The van der Waals surface area contributed by atoms with E-state index in [0.717, 1.165) is 11.1 Å². The molecule has 3 heteroatoms. The molecule has 0 spiro atoms. The Hall–Kier alpha value is -1.15. The number of methoxy groups -OCH3 is 1. The zero-order valence-corrected chi connectivity index (χ0v) is 8.48. The highest BCUT2D eigenvalue weighted by Crippen LogP contribution is 2.33. The fraction of sp³-hybridized carbons (Fsp3) is 0.200. The Morgan fingerprint density at radius 2 is 2.15 bits per heavy atom. The van der Waals surface area contributed by atoms with E-state index in [1.165, 1.54) is 7.11 Å². The van der Waals surface area contributed by atoms with Crippen molar-refractivity contribution < 1.29 is 4.74 Å². The molecule has 0 fully saturated rings. The number of anilines is 1. The minimum Gasteiger partial charge on any atom is -0.493 e. The van der Waals surface area contributed by atoms with Gasteiger partial charge in [-0.25, -0.2) is 0 Å². The number of hydrogen-bond acceptors (Lipinski definition) is 2. The van der Waals surface area contributed by atoms with Gasteiger partial charge in [0.1, 0.15) is 0 Å². The van der Waals surface area contributed by atoms with Crippen LogP contribution in [0.15, 0.2) is 18.7 Å². The number of halogens is 1. The summed E-state index contributed by atoms with van der Waals surface area (Å²) in [6.07, 6.45) is 0. The first kappa shape index (κ1) is 9.93. The third kappa shape index (κ3) is 1.95. The number of benzene rings is 1. The molecule has 0 aliphatic heterocycles. The van der Waals surface area contributed by atoms with E-state index in [1.54, 1.807) is 12.1 Å². The SMILES string of the molecule is C=C(C)c1cc(N)c(OC)c(Cl)c1. The van der Waals surface area contributed by atoms with Crippen LogP contribution in [0.3, 0.4) is 0 Å². The molecular weight excluding hydrogens is 186 g/mol. The predicted octanol–water partition coefficient (Wildman–Crippen LogP) is 2.96. The van der Waals surface area contributed by atoms with Crippen molar-refractivity contribution >= 4 is 22.9 Å². The van der Waals surface area contributed by atoms with Crippen LogP contribution in [-0.4, -0.2) is 7.11 Å². The number of nitrogens with two attached hydrogens (primary N) is 1. The molecule has 0 bridgehead atoms. The van der Waals surface area contributed by atoms with Crippen molar-refractivity contribution in [2.24, 2.45) is 0 Å². The molecule has 0 amide bonds. The van der Waals surface area contributed by atoms with Crippen molar-refractivity contribution in [2.45, 2.75) is 6.92 Å². The van der Waals surface area contributed by atoms with Crippen molar-refractivity contribution in [3.05, 3.63) is 29.3 Å². The largest absolute Gasteiger partial charge is 0.493 e. The van der Waals surface area contributed by atoms with E-state index in [1.807, 2.05) is 6.92 Å². The minimum atomic E-state index is 0.514. The summed E-state index contributed by atoms with van der Waals surface area (Å²) in [5, 5.41) is 0.514. The summed E-state index contributed by atoms with van der Waals surface area (Å²) >= 11 is 5.93. The number of hydrogen-bond donors (Lipinski definition) is 1. The van der Waals surface area contributed by atoms with Crippen molar-refractivity contribution in [3.8, 4) is 5.75 Å². The molecule has 0 aromatic heterocycles. The van der Waals surface area contributed by atoms with E-state index in [9.17, 15) is 0 Å². The summed E-state index contributed by atoms with van der Waals surface area (Å²) in [5.74, 6) is 0.520. The van der Waals surface area contributed by atoms with Crippen LogP contribution in [0.4, 0.5) is 5.69 Å². The molecule has 0 atom stereocenters. The van der Waals surface area contributed by atoms with Crippen LogP contribution in [0.1, 0.15) is 12.5 Å². The molecule has 13 heavy (non-hydrogen) atoms. The molecule has 0 saturated heterocycles. The average Bonchev–Trinajstić information content (AvgIpc) is 2.03. The molecule has 2 nitrogen and oxygen atoms in total. The monoisotopic (exact) mass is 197 g/mol. The van der Waals surface area contributed by atoms with Crippen LogP contribution >= 0.6 is 11.6 Å². The van der Waals surface area contributed by atoms with E-state index in [4.69, 9.17) is 22.1 Å². The van der Waals surface area contributed by atoms with Gasteiger partial charge in [0.05, 0.1) is 17.8 Å². The topological polar surface area (TPSA) is 35.2 Å². The highest BCUT2D eigenvalue weighted by atomic mass is 35.5. The number of nitrogen functional groups attached to an aromatic ring is 1. The van der Waals surface area contributed by atoms with Gasteiger partial charge in [-0.05, 0) is 24.6 Å². The summed E-state index contributed by atoms with van der Waals surface area (Å²) in [5.41, 5.74) is 8.12. The fourth-order valence-corrected chi connectivity index (χ4v) is 1.38. The van der Waals surface area contributed by atoms with Gasteiger partial charge in [0, 0.05) is 0 Å². The summed E-state index contributed by atoms with van der Waals surface area (Å²) in [7, 11) is 1.54. The van der Waals surface area contributed by atoms with Crippen LogP contribution in [-0.2, 0) is 0 Å². The van der Waals surface area contributed by atoms with Crippen LogP contribution < -0.4 is 10.5 Å². The fourth-order valence-electron chi connectivity index (χ4n) is 1.08. The van der Waals surface area contributed by atoms with E-state index in [2.05, 4.69) is 6.58 Å². The molecule has 70 valence electrons. The van der Waals surface area contributed by atoms with Gasteiger partial charge in [0.25, 0.3) is 0 Å². The Labute approximate surface area is 83.0 Å². The van der Waals surface area contributed by atoms with Gasteiger partial charge in [-0.3, -0.25) is 0 Å². The maximum absolute atomic E-state index is 5.93. The number of allylic oxidation sites excluding steroid dienone is 1. The zero-order chi connectivity index (χ0) is 10.0. The molecular formula is C10H12ClNO. The summed E-state index contributed by atoms with van der Waals surface area (Å²) in [4.78, 5) is 0. The van der Waals surface area contributed by atoms with Crippen molar-refractivity contribution in [1.29, 1.82) is 0 Å². The first-order chi connectivity index (χ1) is 6.06. The lowest BCUT2D eigenvalue weighted by Gasteiger charge is -2.09. The van der Waals surface area contributed by atoms with Gasteiger partial charge >= 0.3 is 0 Å². The Morgan fingerprint density at radius 3 is 2.54 bits per heavy atom. The second-order valence-electron chi connectivity index (χ2n) is 2.86. The highest BCUT2D eigenvalue weighted by molar-refractivity contribution is 6.32. The Bertz CT molecular complexity index is 324. The molecule has 0 radical (unpaired) electrons. The summed E-state index contributed by atoms with van der Waals surface area (Å²) < 4.78 is 5.02. The lowest BCUT2D eigenvalue weighted by atomic mass is 10.1. The van der Waals surface area contributed by atoms with Gasteiger partial charge in [-0.2, -0.15) is 0 Å². The lowest BCUT2D eigenvalue weighted by molar-refractivity contribution is 0.417. The number of ether oxygens (including phenoxy) is 1. The van der Waals surface area contributed by atoms with Crippen LogP contribution in [0.5, 0.6) is 5.75 Å². The van der Waals surface area contributed by atoms with Crippen molar-refractivity contribution in [1.82, 2.24) is 0 Å². The molecule has 0 unspecified atom stereocenters. The van der Waals surface area contributed by atoms with Gasteiger partial charge in [-0.15, -0.1) is 0 Å². The average molecular weight is 198 g/mol. The normalized spacial score (nSPS) is 9.77. The summed E-state index contributed by atoms with van der Waals surface area (Å²) in [6, 6.07) is 3.59. The maximum atomic E-state index is 5.93. The predicted molar refractivity (Wildman–Crippen MR) is 57.1 cm³/mol. The standard InChI is InChI=1S/C10H12ClNO/c1-6(2)7-4-8(11)10(13-3)9(12)5-7/h4-5H,1,12H2,2-3H3. The van der Waals surface area contributed by atoms with E-state index < -0.39 is 0 Å². The van der Waals surface area contributed by atoms with Crippen molar-refractivity contribution in [2.75, 3.05) is 12.8 Å². The summed E-state index contributed by atoms with van der Waals surface area (Å²) in [6.45, 7) is 5.71. The highest BCUT2D eigenvalue weighted by Gasteiger charge is 2.07. The smallest absolute Gasteiger partial charge is 0.160 e. The lowest BCUT2D eigenvalue weighted by Crippen LogP contribution is -1.94. The van der Waals surface area contributed by atoms with E-state index in [-0.39, 0.29) is 0 Å². The Balaban J connectivity index is 3.28. The van der Waals surface area contributed by atoms with Gasteiger partial charge in [0.2, 0.25) is 0 Å². The minimum absolute atomic E-state index is 0.514. The molecule has 0 aliphatic carbocycles. The molecule has 1 rings (SSSR count). The van der Waals surface area contributed by atoms with Gasteiger partial charge < -0.3 is 10.5 Å². The van der Waals surface area contributed by atoms with Crippen molar-refractivity contribution in [3.63, 3.8) is 0 Å². The van der Waals surface area contributed by atoms with Crippen LogP contribution in [0.25, 0.3) is 5.57 Å². The second kappa shape index (κ2) is 3.71. The molecule has 0 aliphatic rings. The van der Waals surface area contributed by atoms with Gasteiger partial charge in [-0.1, -0.05) is 23.8 Å².